The standard InChI is InChI=1S/C37H32N4O7S/c42-23-28-20-34(41-39-32-15-12-27-19-25(10-14-30(27)37(32)44)18-24-6-2-1-3-7-24)35(43)22-33(28)40-38-29-13-11-26-8-4-9-36(31(26)21-29)48-16-5-17-49(45,46)47/h1-4,6-15,19-22,42-44H,5,16-18,23H2,(H,45,46,47). The number of aliphatic hydroxyl groups is 1. The molecule has 0 bridgehead atoms. The molecule has 11 nitrogen and oxygen atoms in total. The van der Waals surface area contributed by atoms with Crippen molar-refractivity contribution in [2.45, 2.75) is 19.4 Å². The molecular weight excluding hydrogens is 644 g/mol. The van der Waals surface area contributed by atoms with Crippen molar-refractivity contribution < 1.29 is 33.0 Å². The van der Waals surface area contributed by atoms with Gasteiger partial charge in [0.15, 0.2) is 5.75 Å². The van der Waals surface area contributed by atoms with Gasteiger partial charge in [0.2, 0.25) is 0 Å². The number of nitrogens with zero attached hydrogens (tertiary/aromatic N) is 4. The fraction of sp³-hybridized carbons (Fsp3) is 0.135. The first-order chi connectivity index (χ1) is 23.7. The van der Waals surface area contributed by atoms with Gasteiger partial charge >= 0.3 is 0 Å². The van der Waals surface area contributed by atoms with E-state index in [2.05, 4.69) is 32.6 Å². The summed E-state index contributed by atoms with van der Waals surface area (Å²) in [7, 11) is -4.07. The van der Waals surface area contributed by atoms with Crippen LogP contribution in [-0.2, 0) is 23.1 Å². The lowest BCUT2D eigenvalue weighted by Crippen LogP contribution is -2.08. The highest BCUT2D eigenvalue weighted by atomic mass is 32.2. The number of azo groups is 2. The van der Waals surface area contributed by atoms with Crippen LogP contribution in [0.15, 0.2) is 130 Å². The second-order valence-electron chi connectivity index (χ2n) is 11.3. The van der Waals surface area contributed by atoms with E-state index in [-0.39, 0.29) is 41.6 Å². The smallest absolute Gasteiger partial charge is 0.264 e. The van der Waals surface area contributed by atoms with Crippen LogP contribution < -0.4 is 4.74 Å². The molecule has 0 saturated heterocycles. The molecule has 0 unspecified atom stereocenters. The Hall–Kier alpha value is -5.69. The van der Waals surface area contributed by atoms with E-state index in [1.165, 1.54) is 17.7 Å². The lowest BCUT2D eigenvalue weighted by Gasteiger charge is -2.09. The molecule has 0 aromatic heterocycles. The first-order valence-corrected chi connectivity index (χ1v) is 17.0. The maximum absolute atomic E-state index is 11.0. The molecule has 0 heterocycles. The van der Waals surface area contributed by atoms with Crippen LogP contribution in [0.3, 0.4) is 0 Å². The summed E-state index contributed by atoms with van der Waals surface area (Å²) in [6.07, 6.45) is 0.889. The van der Waals surface area contributed by atoms with Gasteiger partial charge in [-0.3, -0.25) is 4.55 Å². The van der Waals surface area contributed by atoms with E-state index in [0.717, 1.165) is 28.1 Å². The van der Waals surface area contributed by atoms with Gasteiger partial charge in [0, 0.05) is 22.4 Å². The van der Waals surface area contributed by atoms with Crippen molar-refractivity contribution in [3.63, 3.8) is 0 Å². The maximum Gasteiger partial charge on any atom is 0.264 e. The molecule has 0 aliphatic carbocycles. The molecule has 0 aliphatic heterocycles. The Morgan fingerprint density at radius 3 is 2.22 bits per heavy atom. The Morgan fingerprint density at radius 2 is 1.43 bits per heavy atom. The highest BCUT2D eigenvalue weighted by Crippen LogP contribution is 2.40. The van der Waals surface area contributed by atoms with Gasteiger partial charge < -0.3 is 20.1 Å². The average Bonchev–Trinajstić information content (AvgIpc) is 3.09. The first-order valence-electron chi connectivity index (χ1n) is 15.4. The van der Waals surface area contributed by atoms with Crippen molar-refractivity contribution in [3.05, 3.63) is 126 Å². The lowest BCUT2D eigenvalue weighted by molar-refractivity contribution is 0.282. The van der Waals surface area contributed by atoms with E-state index in [0.29, 0.717) is 22.4 Å². The third kappa shape index (κ3) is 8.25. The molecule has 248 valence electrons. The number of fused-ring (bicyclic) bond motifs is 2. The molecule has 6 rings (SSSR count). The number of aliphatic hydroxyl groups excluding tert-OH is 1. The predicted molar refractivity (Wildman–Crippen MR) is 188 cm³/mol. The van der Waals surface area contributed by atoms with E-state index in [1.807, 2.05) is 54.6 Å². The molecule has 6 aromatic carbocycles. The van der Waals surface area contributed by atoms with Crippen molar-refractivity contribution >= 4 is 54.4 Å². The highest BCUT2D eigenvalue weighted by Gasteiger charge is 2.12. The largest absolute Gasteiger partial charge is 0.506 e. The van der Waals surface area contributed by atoms with Crippen LogP contribution in [0.4, 0.5) is 22.7 Å². The number of phenolic OH excluding ortho intramolecular Hbond substituents is 2. The minimum absolute atomic E-state index is 0.0400. The van der Waals surface area contributed by atoms with Gasteiger partial charge in [-0.05, 0) is 65.1 Å². The second-order valence-corrected chi connectivity index (χ2v) is 12.9. The van der Waals surface area contributed by atoms with E-state index < -0.39 is 22.5 Å². The van der Waals surface area contributed by atoms with Crippen LogP contribution in [0.25, 0.3) is 21.5 Å². The predicted octanol–water partition coefficient (Wildman–Crippen LogP) is 8.97. The van der Waals surface area contributed by atoms with Gasteiger partial charge in [0.25, 0.3) is 10.1 Å². The van der Waals surface area contributed by atoms with Crippen molar-refractivity contribution in [1.82, 2.24) is 0 Å². The van der Waals surface area contributed by atoms with Gasteiger partial charge in [-0.1, -0.05) is 72.8 Å². The average molecular weight is 677 g/mol. The summed E-state index contributed by atoms with van der Waals surface area (Å²) in [6, 6.07) is 33.0. The molecule has 12 heteroatoms. The number of aromatic hydroxyl groups is 2. The van der Waals surface area contributed by atoms with Gasteiger partial charge in [-0.15, -0.1) is 10.2 Å². The summed E-state index contributed by atoms with van der Waals surface area (Å²) >= 11 is 0. The number of hydrogen-bond donors (Lipinski definition) is 4. The Kier molecular flexibility index (Phi) is 9.90. The molecular formula is C37H32N4O7S. The summed E-state index contributed by atoms with van der Waals surface area (Å²) in [6.45, 7) is -0.326. The van der Waals surface area contributed by atoms with Crippen molar-refractivity contribution in [2.24, 2.45) is 20.5 Å². The summed E-state index contributed by atoms with van der Waals surface area (Å²) in [5, 5.41) is 51.7. The molecule has 0 aliphatic rings. The van der Waals surface area contributed by atoms with Crippen LogP contribution in [-0.4, -0.2) is 40.6 Å². The molecule has 49 heavy (non-hydrogen) atoms. The Labute approximate surface area is 282 Å². The van der Waals surface area contributed by atoms with Crippen molar-refractivity contribution in [2.75, 3.05) is 12.4 Å². The number of benzene rings is 6. The minimum atomic E-state index is -4.07. The summed E-state index contributed by atoms with van der Waals surface area (Å²) in [5.41, 5.74) is 3.61. The third-order valence-electron chi connectivity index (χ3n) is 7.80. The maximum atomic E-state index is 11.0. The second kappa shape index (κ2) is 14.6. The molecule has 0 spiro atoms. The third-order valence-corrected chi connectivity index (χ3v) is 8.60. The fourth-order valence-electron chi connectivity index (χ4n) is 5.35. The molecule has 0 radical (unpaired) electrons. The lowest BCUT2D eigenvalue weighted by atomic mass is 10.0. The zero-order chi connectivity index (χ0) is 34.4. The van der Waals surface area contributed by atoms with Crippen molar-refractivity contribution in [3.8, 4) is 17.2 Å². The van der Waals surface area contributed by atoms with E-state index in [9.17, 15) is 23.7 Å². The van der Waals surface area contributed by atoms with Gasteiger partial charge in [0.05, 0.1) is 30.3 Å². The van der Waals surface area contributed by atoms with Crippen molar-refractivity contribution in [1.29, 1.82) is 0 Å². The van der Waals surface area contributed by atoms with Crippen LogP contribution in [0.5, 0.6) is 17.2 Å². The number of rotatable bonds is 12. The minimum Gasteiger partial charge on any atom is -0.506 e. The topological polar surface area (TPSA) is 174 Å². The van der Waals surface area contributed by atoms with Gasteiger partial charge in [0.1, 0.15) is 22.9 Å². The summed E-state index contributed by atoms with van der Waals surface area (Å²) in [5.74, 6) is -0.180. The van der Waals surface area contributed by atoms with Gasteiger partial charge in [-0.25, -0.2) is 0 Å². The summed E-state index contributed by atoms with van der Waals surface area (Å²) in [4.78, 5) is 0. The monoisotopic (exact) mass is 676 g/mol. The van der Waals surface area contributed by atoms with Gasteiger partial charge in [-0.2, -0.15) is 18.6 Å². The normalized spacial score (nSPS) is 12.0. The Morgan fingerprint density at radius 1 is 0.653 bits per heavy atom. The number of hydrogen-bond acceptors (Lipinski definition) is 10. The van der Waals surface area contributed by atoms with Crippen LogP contribution in [0, 0.1) is 0 Å². The highest BCUT2D eigenvalue weighted by molar-refractivity contribution is 7.85. The SMILES string of the molecule is O=S(=O)(O)CCCOc1cccc2ccc(N=Nc3cc(O)c(N=Nc4ccc5cc(Cc6ccccc6)ccc5c4O)cc3CO)cc12. The molecule has 0 fully saturated rings. The summed E-state index contributed by atoms with van der Waals surface area (Å²) < 4.78 is 36.7. The Balaban J connectivity index is 1.19. The zero-order valence-electron chi connectivity index (χ0n) is 26.1. The number of phenols is 2. The van der Waals surface area contributed by atoms with E-state index >= 15 is 0 Å². The van der Waals surface area contributed by atoms with Crippen LogP contribution in [0.1, 0.15) is 23.1 Å². The zero-order valence-corrected chi connectivity index (χ0v) is 27.0. The quantitative estimate of drug-likeness (QED) is 0.0568. The first kappa shape index (κ1) is 33.2. The van der Waals surface area contributed by atoms with Crippen LogP contribution >= 0.6 is 0 Å². The fourth-order valence-corrected chi connectivity index (χ4v) is 5.83. The molecule has 0 amide bonds. The molecule has 0 saturated carbocycles. The van der Waals surface area contributed by atoms with E-state index in [1.54, 1.807) is 30.3 Å². The Bertz CT molecular complexity index is 2310. The van der Waals surface area contributed by atoms with E-state index in [4.69, 9.17) is 9.29 Å². The molecule has 0 atom stereocenters. The van der Waals surface area contributed by atoms with Crippen LogP contribution in [0.2, 0.25) is 0 Å². The number of ether oxygens (including phenoxy) is 1. The molecule has 6 aromatic rings. The molecule has 4 N–H and O–H groups in total.